The molecule has 1 aromatic carbocycles. The number of nitrogen functional groups attached to an aromatic ring is 1. The SMILES string of the molecule is CCCC(C(=O)O)(c1ccccc1N)C(C)C. The van der Waals surface area contributed by atoms with Crippen molar-refractivity contribution in [2.24, 2.45) is 5.92 Å². The second-order valence-corrected chi connectivity index (χ2v) is 4.77. The highest BCUT2D eigenvalue weighted by atomic mass is 16.4. The molecule has 0 bridgehead atoms. The summed E-state index contributed by atoms with van der Waals surface area (Å²) in [6.45, 7) is 5.88. The van der Waals surface area contributed by atoms with Gasteiger partial charge in [-0.2, -0.15) is 0 Å². The van der Waals surface area contributed by atoms with Gasteiger partial charge in [-0.15, -0.1) is 0 Å². The quantitative estimate of drug-likeness (QED) is 0.771. The molecule has 0 aromatic heterocycles. The number of hydrogen-bond acceptors (Lipinski definition) is 2. The zero-order valence-corrected chi connectivity index (χ0v) is 10.7. The number of carbonyl (C=O) groups is 1. The molecule has 0 aliphatic rings. The fourth-order valence-electron chi connectivity index (χ4n) is 2.50. The molecular formula is C14H21NO2. The van der Waals surface area contributed by atoms with Gasteiger partial charge in [0.05, 0.1) is 5.41 Å². The average Bonchev–Trinajstić information content (AvgIpc) is 2.26. The summed E-state index contributed by atoms with van der Waals surface area (Å²) in [5.41, 5.74) is 6.38. The van der Waals surface area contributed by atoms with Crippen molar-refractivity contribution in [1.29, 1.82) is 0 Å². The van der Waals surface area contributed by atoms with Crippen LogP contribution in [0.1, 0.15) is 39.2 Å². The Balaban J connectivity index is 3.41. The van der Waals surface area contributed by atoms with E-state index in [4.69, 9.17) is 5.73 Å². The summed E-state index contributed by atoms with van der Waals surface area (Å²) >= 11 is 0. The highest BCUT2D eigenvalue weighted by Crippen LogP contribution is 2.40. The fourth-order valence-corrected chi connectivity index (χ4v) is 2.50. The molecule has 1 aromatic rings. The number of benzene rings is 1. The third-order valence-electron chi connectivity index (χ3n) is 3.45. The van der Waals surface area contributed by atoms with Crippen LogP contribution in [0.4, 0.5) is 5.69 Å². The van der Waals surface area contributed by atoms with Crippen molar-refractivity contribution in [3.63, 3.8) is 0 Å². The van der Waals surface area contributed by atoms with Gasteiger partial charge in [-0.3, -0.25) is 4.79 Å². The Morgan fingerprint density at radius 2 is 2.00 bits per heavy atom. The van der Waals surface area contributed by atoms with Gasteiger partial charge in [0.25, 0.3) is 0 Å². The first kappa shape index (κ1) is 13.6. The van der Waals surface area contributed by atoms with Crippen molar-refractivity contribution in [3.8, 4) is 0 Å². The lowest BCUT2D eigenvalue weighted by Crippen LogP contribution is -2.41. The summed E-state index contributed by atoms with van der Waals surface area (Å²) in [6, 6.07) is 7.28. The number of carboxylic acids is 1. The largest absolute Gasteiger partial charge is 0.481 e. The maximum atomic E-state index is 11.7. The zero-order chi connectivity index (χ0) is 13.1. The molecule has 0 saturated carbocycles. The van der Waals surface area contributed by atoms with E-state index in [1.54, 1.807) is 6.07 Å². The molecular weight excluding hydrogens is 214 g/mol. The average molecular weight is 235 g/mol. The third kappa shape index (κ3) is 2.28. The molecule has 94 valence electrons. The zero-order valence-electron chi connectivity index (χ0n) is 10.7. The predicted molar refractivity (Wildman–Crippen MR) is 69.9 cm³/mol. The van der Waals surface area contributed by atoms with E-state index in [1.165, 1.54) is 0 Å². The maximum absolute atomic E-state index is 11.7. The van der Waals surface area contributed by atoms with Gasteiger partial charge in [-0.1, -0.05) is 45.4 Å². The summed E-state index contributed by atoms with van der Waals surface area (Å²) in [5, 5.41) is 9.65. The second-order valence-electron chi connectivity index (χ2n) is 4.77. The molecule has 0 amide bonds. The smallest absolute Gasteiger partial charge is 0.314 e. The molecule has 0 aliphatic carbocycles. The third-order valence-corrected chi connectivity index (χ3v) is 3.45. The van der Waals surface area contributed by atoms with Gasteiger partial charge in [-0.25, -0.2) is 0 Å². The van der Waals surface area contributed by atoms with Crippen LogP contribution in [0.5, 0.6) is 0 Å². The molecule has 3 heteroatoms. The number of rotatable bonds is 5. The van der Waals surface area contributed by atoms with Gasteiger partial charge >= 0.3 is 5.97 Å². The number of nitrogens with two attached hydrogens (primary N) is 1. The molecule has 1 atom stereocenters. The van der Waals surface area contributed by atoms with Crippen molar-refractivity contribution in [3.05, 3.63) is 29.8 Å². The number of carboxylic acid groups (broad SMARTS) is 1. The van der Waals surface area contributed by atoms with E-state index in [9.17, 15) is 9.90 Å². The number of para-hydroxylation sites is 1. The first-order chi connectivity index (χ1) is 7.96. The molecule has 0 spiro atoms. The summed E-state index contributed by atoms with van der Waals surface area (Å²) in [7, 11) is 0. The Morgan fingerprint density at radius 3 is 2.41 bits per heavy atom. The van der Waals surface area contributed by atoms with E-state index in [0.29, 0.717) is 12.1 Å². The number of aliphatic carboxylic acids is 1. The first-order valence-electron chi connectivity index (χ1n) is 6.05. The van der Waals surface area contributed by atoms with Crippen LogP contribution in [-0.2, 0) is 10.2 Å². The number of anilines is 1. The summed E-state index contributed by atoms with van der Waals surface area (Å²) in [6.07, 6.45) is 1.42. The van der Waals surface area contributed by atoms with Crippen LogP contribution in [0, 0.1) is 5.92 Å². The Bertz CT molecular complexity index is 401. The van der Waals surface area contributed by atoms with E-state index >= 15 is 0 Å². The van der Waals surface area contributed by atoms with E-state index < -0.39 is 11.4 Å². The normalized spacial score (nSPS) is 14.6. The number of hydrogen-bond donors (Lipinski definition) is 2. The molecule has 0 heterocycles. The minimum atomic E-state index is -0.875. The summed E-state index contributed by atoms with van der Waals surface area (Å²) in [4.78, 5) is 11.7. The van der Waals surface area contributed by atoms with Crippen LogP contribution in [-0.4, -0.2) is 11.1 Å². The van der Waals surface area contributed by atoms with E-state index in [2.05, 4.69) is 0 Å². The minimum Gasteiger partial charge on any atom is -0.481 e. The van der Waals surface area contributed by atoms with Gasteiger partial charge in [-0.05, 0) is 24.0 Å². The van der Waals surface area contributed by atoms with Gasteiger partial charge in [0.15, 0.2) is 0 Å². The van der Waals surface area contributed by atoms with Crippen LogP contribution in [0.2, 0.25) is 0 Å². The Morgan fingerprint density at radius 1 is 1.41 bits per heavy atom. The van der Waals surface area contributed by atoms with Crippen molar-refractivity contribution in [2.45, 2.75) is 39.0 Å². The molecule has 0 saturated heterocycles. The van der Waals surface area contributed by atoms with Crippen LogP contribution in [0.15, 0.2) is 24.3 Å². The van der Waals surface area contributed by atoms with E-state index in [1.807, 2.05) is 39.0 Å². The Labute approximate surface area is 103 Å². The molecule has 0 aliphatic heterocycles. The Hall–Kier alpha value is -1.51. The Kier molecular flexibility index (Phi) is 4.16. The highest BCUT2D eigenvalue weighted by Gasteiger charge is 2.43. The molecule has 1 unspecified atom stereocenters. The molecule has 17 heavy (non-hydrogen) atoms. The van der Waals surface area contributed by atoms with Gasteiger partial charge < -0.3 is 10.8 Å². The monoisotopic (exact) mass is 235 g/mol. The predicted octanol–water partition coefficient (Wildman–Crippen LogP) is 3.05. The van der Waals surface area contributed by atoms with E-state index in [0.717, 1.165) is 12.0 Å². The van der Waals surface area contributed by atoms with E-state index in [-0.39, 0.29) is 5.92 Å². The van der Waals surface area contributed by atoms with Crippen LogP contribution in [0.25, 0.3) is 0 Å². The van der Waals surface area contributed by atoms with Gasteiger partial charge in [0, 0.05) is 5.69 Å². The molecule has 3 nitrogen and oxygen atoms in total. The fraction of sp³-hybridized carbons (Fsp3) is 0.500. The van der Waals surface area contributed by atoms with Crippen molar-refractivity contribution < 1.29 is 9.90 Å². The first-order valence-corrected chi connectivity index (χ1v) is 6.05. The maximum Gasteiger partial charge on any atom is 0.314 e. The lowest BCUT2D eigenvalue weighted by atomic mass is 9.68. The molecule has 1 rings (SSSR count). The van der Waals surface area contributed by atoms with Gasteiger partial charge in [0.1, 0.15) is 0 Å². The molecule has 3 N–H and O–H groups in total. The minimum absolute atomic E-state index is 0.00431. The van der Waals surface area contributed by atoms with Crippen LogP contribution in [0.3, 0.4) is 0 Å². The lowest BCUT2D eigenvalue weighted by molar-refractivity contribution is -0.146. The van der Waals surface area contributed by atoms with Crippen molar-refractivity contribution >= 4 is 11.7 Å². The second kappa shape index (κ2) is 5.21. The molecule has 0 fully saturated rings. The van der Waals surface area contributed by atoms with Crippen LogP contribution >= 0.6 is 0 Å². The highest BCUT2D eigenvalue weighted by molar-refractivity contribution is 5.84. The lowest BCUT2D eigenvalue weighted by Gasteiger charge is -2.34. The van der Waals surface area contributed by atoms with Crippen molar-refractivity contribution in [2.75, 3.05) is 5.73 Å². The summed E-state index contributed by atoms with van der Waals surface area (Å²) in [5.74, 6) is -0.781. The van der Waals surface area contributed by atoms with Crippen LogP contribution < -0.4 is 5.73 Å². The summed E-state index contributed by atoms with van der Waals surface area (Å²) < 4.78 is 0. The van der Waals surface area contributed by atoms with Crippen molar-refractivity contribution in [1.82, 2.24) is 0 Å². The van der Waals surface area contributed by atoms with Gasteiger partial charge in [0.2, 0.25) is 0 Å². The molecule has 0 radical (unpaired) electrons. The standard InChI is InChI=1S/C14H21NO2/c1-4-9-14(10(2)3,13(16)17)11-7-5-6-8-12(11)15/h5-8,10H,4,9,15H2,1-3H3,(H,16,17). The topological polar surface area (TPSA) is 63.3 Å².